The number of sulfonamides is 1. The molecule has 19 heavy (non-hydrogen) atoms. The molecule has 1 aromatic carbocycles. The van der Waals surface area contributed by atoms with E-state index in [4.69, 9.17) is 10.4 Å². The van der Waals surface area contributed by atoms with Crippen LogP contribution < -0.4 is 4.72 Å². The van der Waals surface area contributed by atoms with E-state index in [1.165, 1.54) is 32.0 Å². The van der Waals surface area contributed by atoms with E-state index in [-0.39, 0.29) is 16.9 Å². The van der Waals surface area contributed by atoms with Gasteiger partial charge < -0.3 is 5.11 Å². The smallest absolute Gasteiger partial charge is 0.305 e. The number of carbonyl (C=O) groups is 1. The number of nitrogens with zero attached hydrogens (tertiary/aromatic N) is 1. The molecule has 6 nitrogen and oxygen atoms in total. The third-order valence-corrected chi connectivity index (χ3v) is 4.06. The van der Waals surface area contributed by atoms with Crippen molar-refractivity contribution >= 4 is 16.0 Å². The molecule has 0 fully saturated rings. The second-order valence-electron chi connectivity index (χ2n) is 4.67. The lowest BCUT2D eigenvalue weighted by Gasteiger charge is -2.24. The van der Waals surface area contributed by atoms with E-state index in [2.05, 4.69) is 4.72 Å². The molecule has 0 aromatic heterocycles. The first-order valence-electron chi connectivity index (χ1n) is 5.43. The van der Waals surface area contributed by atoms with Gasteiger partial charge in [0, 0.05) is 5.54 Å². The molecule has 0 bridgehead atoms. The summed E-state index contributed by atoms with van der Waals surface area (Å²) in [5, 5.41) is 17.6. The highest BCUT2D eigenvalue weighted by atomic mass is 32.2. The molecule has 1 rings (SSSR count). The molecular weight excluding hydrogens is 268 g/mol. The molecule has 0 aliphatic heterocycles. The maximum absolute atomic E-state index is 12.2. The van der Waals surface area contributed by atoms with Gasteiger partial charge in [-0.1, -0.05) is 12.1 Å². The summed E-state index contributed by atoms with van der Waals surface area (Å²) >= 11 is 0. The fourth-order valence-corrected chi connectivity index (χ4v) is 3.20. The van der Waals surface area contributed by atoms with Gasteiger partial charge in [-0.25, -0.2) is 13.1 Å². The normalized spacial score (nSPS) is 11.8. The molecule has 0 aliphatic carbocycles. The Kier molecular flexibility index (Phi) is 4.29. The van der Waals surface area contributed by atoms with Crippen molar-refractivity contribution < 1.29 is 18.3 Å². The molecule has 7 heteroatoms. The lowest BCUT2D eigenvalue weighted by molar-refractivity contribution is -0.138. The first-order chi connectivity index (χ1) is 8.68. The van der Waals surface area contributed by atoms with Gasteiger partial charge in [-0.15, -0.1) is 0 Å². The Labute approximate surface area is 111 Å². The van der Waals surface area contributed by atoms with Crippen LogP contribution in [0.4, 0.5) is 0 Å². The summed E-state index contributed by atoms with van der Waals surface area (Å²) in [5.74, 6) is -1.11. The molecule has 2 N–H and O–H groups in total. The van der Waals surface area contributed by atoms with Gasteiger partial charge in [-0.3, -0.25) is 4.79 Å². The summed E-state index contributed by atoms with van der Waals surface area (Å²) in [6, 6.07) is 7.54. The highest BCUT2D eigenvalue weighted by Gasteiger charge is 2.29. The quantitative estimate of drug-likeness (QED) is 0.840. The highest BCUT2D eigenvalue weighted by molar-refractivity contribution is 7.89. The van der Waals surface area contributed by atoms with E-state index < -0.39 is 21.5 Å². The monoisotopic (exact) mass is 282 g/mol. The molecule has 0 spiro atoms. The molecule has 1 aromatic rings. The molecule has 0 radical (unpaired) electrons. The van der Waals surface area contributed by atoms with Crippen LogP contribution in [0.5, 0.6) is 0 Å². The predicted molar refractivity (Wildman–Crippen MR) is 67.8 cm³/mol. The average molecular weight is 282 g/mol. The third-order valence-electron chi connectivity index (χ3n) is 2.30. The molecule has 0 unspecified atom stereocenters. The van der Waals surface area contributed by atoms with E-state index >= 15 is 0 Å². The zero-order valence-electron chi connectivity index (χ0n) is 10.5. The number of rotatable bonds is 5. The van der Waals surface area contributed by atoms with Crippen LogP contribution in [-0.2, 0) is 14.8 Å². The summed E-state index contributed by atoms with van der Waals surface area (Å²) in [7, 11) is -3.94. The molecular formula is C12H14N2O4S. The molecule has 0 saturated heterocycles. The third kappa shape index (κ3) is 4.05. The maximum atomic E-state index is 12.2. The Bertz CT molecular complexity index is 629. The van der Waals surface area contributed by atoms with Crippen LogP contribution in [-0.4, -0.2) is 25.0 Å². The summed E-state index contributed by atoms with van der Waals surface area (Å²) < 4.78 is 26.6. The summed E-state index contributed by atoms with van der Waals surface area (Å²) in [5.41, 5.74) is -1.13. The number of benzene rings is 1. The standard InChI is InChI=1S/C12H14N2O4S/c1-12(2,7-11(15)16)14-19(17,18)10-6-4-3-5-9(10)8-13/h3-6,14H,7H2,1-2H3,(H,15,16). The van der Waals surface area contributed by atoms with E-state index in [0.29, 0.717) is 0 Å². The number of nitriles is 1. The molecule has 0 aliphatic rings. The van der Waals surface area contributed by atoms with Gasteiger partial charge in [0.15, 0.2) is 0 Å². The molecule has 0 saturated carbocycles. The number of nitrogens with one attached hydrogen (secondary N) is 1. The fraction of sp³-hybridized carbons (Fsp3) is 0.333. The van der Waals surface area contributed by atoms with E-state index in [9.17, 15) is 13.2 Å². The van der Waals surface area contributed by atoms with E-state index in [0.717, 1.165) is 0 Å². The van der Waals surface area contributed by atoms with Gasteiger partial charge >= 0.3 is 5.97 Å². The highest BCUT2D eigenvalue weighted by Crippen LogP contribution is 2.18. The summed E-state index contributed by atoms with van der Waals surface area (Å²) in [6.45, 7) is 2.93. The summed E-state index contributed by atoms with van der Waals surface area (Å²) in [4.78, 5) is 10.5. The van der Waals surface area contributed by atoms with Crippen molar-refractivity contribution in [2.75, 3.05) is 0 Å². The van der Waals surface area contributed by atoms with Crippen molar-refractivity contribution in [1.29, 1.82) is 5.26 Å². The van der Waals surface area contributed by atoms with Gasteiger partial charge in [0.1, 0.15) is 6.07 Å². The lowest BCUT2D eigenvalue weighted by atomic mass is 10.0. The van der Waals surface area contributed by atoms with Crippen LogP contribution in [0.2, 0.25) is 0 Å². The van der Waals surface area contributed by atoms with E-state index in [1.54, 1.807) is 12.1 Å². The van der Waals surface area contributed by atoms with Crippen LogP contribution in [0.3, 0.4) is 0 Å². The van der Waals surface area contributed by atoms with Crippen LogP contribution in [0.25, 0.3) is 0 Å². The first kappa shape index (κ1) is 15.1. The minimum Gasteiger partial charge on any atom is -0.481 e. The average Bonchev–Trinajstić information content (AvgIpc) is 2.25. The van der Waals surface area contributed by atoms with Crippen LogP contribution in [0, 0.1) is 11.3 Å². The topological polar surface area (TPSA) is 107 Å². The molecule has 0 atom stereocenters. The Morgan fingerprint density at radius 2 is 2.00 bits per heavy atom. The van der Waals surface area contributed by atoms with Crippen LogP contribution in [0.1, 0.15) is 25.8 Å². The largest absolute Gasteiger partial charge is 0.481 e. The zero-order valence-corrected chi connectivity index (χ0v) is 11.4. The van der Waals surface area contributed by atoms with Crippen molar-refractivity contribution in [2.45, 2.75) is 30.7 Å². The fourth-order valence-electron chi connectivity index (χ4n) is 1.63. The summed E-state index contributed by atoms with van der Waals surface area (Å²) in [6.07, 6.45) is -0.360. The van der Waals surface area contributed by atoms with Gasteiger partial charge in [0.2, 0.25) is 10.0 Å². The second-order valence-corrected chi connectivity index (χ2v) is 6.32. The van der Waals surface area contributed by atoms with Crippen molar-refractivity contribution in [1.82, 2.24) is 4.72 Å². The van der Waals surface area contributed by atoms with Gasteiger partial charge in [-0.05, 0) is 26.0 Å². The van der Waals surface area contributed by atoms with Crippen molar-refractivity contribution in [3.8, 4) is 6.07 Å². The van der Waals surface area contributed by atoms with Gasteiger partial charge in [-0.2, -0.15) is 5.26 Å². The minimum absolute atomic E-state index is 0.0149. The molecule has 0 heterocycles. The zero-order chi connectivity index (χ0) is 14.7. The van der Waals surface area contributed by atoms with Crippen molar-refractivity contribution in [2.24, 2.45) is 0 Å². The SMILES string of the molecule is CC(C)(CC(=O)O)NS(=O)(=O)c1ccccc1C#N. The van der Waals surface area contributed by atoms with Gasteiger partial charge in [0.25, 0.3) is 0 Å². The Hall–Kier alpha value is -1.91. The van der Waals surface area contributed by atoms with E-state index in [1.807, 2.05) is 0 Å². The first-order valence-corrected chi connectivity index (χ1v) is 6.91. The number of hydrogen-bond acceptors (Lipinski definition) is 4. The Morgan fingerprint density at radius 3 is 2.53 bits per heavy atom. The minimum atomic E-state index is -3.94. The van der Waals surface area contributed by atoms with Crippen LogP contribution >= 0.6 is 0 Å². The predicted octanol–water partition coefficient (Wildman–Crippen LogP) is 1.09. The number of carboxylic acid groups (broad SMARTS) is 1. The van der Waals surface area contributed by atoms with Crippen molar-refractivity contribution in [3.63, 3.8) is 0 Å². The Morgan fingerprint density at radius 1 is 1.42 bits per heavy atom. The maximum Gasteiger partial charge on any atom is 0.305 e. The second kappa shape index (κ2) is 5.38. The van der Waals surface area contributed by atoms with Crippen molar-refractivity contribution in [3.05, 3.63) is 29.8 Å². The van der Waals surface area contributed by atoms with Gasteiger partial charge in [0.05, 0.1) is 16.9 Å². The molecule has 102 valence electrons. The van der Waals surface area contributed by atoms with Crippen LogP contribution in [0.15, 0.2) is 29.2 Å². The molecule has 0 amide bonds. The lowest BCUT2D eigenvalue weighted by Crippen LogP contribution is -2.44. The number of carboxylic acids is 1. The number of hydrogen-bond donors (Lipinski definition) is 2. The number of aliphatic carboxylic acids is 1. The Balaban J connectivity index is 3.13.